The number of amides is 1. The Bertz CT molecular complexity index is 385. The smallest absolute Gasteiger partial charge is 0.273 e. The van der Waals surface area contributed by atoms with E-state index in [1.807, 2.05) is 7.05 Å². The summed E-state index contributed by atoms with van der Waals surface area (Å²) < 4.78 is 0. The van der Waals surface area contributed by atoms with Crippen LogP contribution in [-0.4, -0.2) is 29.4 Å². The van der Waals surface area contributed by atoms with E-state index >= 15 is 0 Å². The Morgan fingerprint density at radius 1 is 1.53 bits per heavy atom. The molecule has 1 fully saturated rings. The van der Waals surface area contributed by atoms with Gasteiger partial charge in [-0.05, 0) is 18.8 Å². The van der Waals surface area contributed by atoms with Gasteiger partial charge in [0.1, 0.15) is 5.69 Å². The minimum atomic E-state index is -0.0106. The summed E-state index contributed by atoms with van der Waals surface area (Å²) in [5.41, 5.74) is 6.02. The average molecular weight is 253 g/mol. The Kier molecular flexibility index (Phi) is 3.99. The van der Waals surface area contributed by atoms with Gasteiger partial charge in [0.15, 0.2) is 5.13 Å². The standard InChI is InChI=1S/C12H19N3OS/c1-15(7-9-5-3-2-4-6-9)11(16)10-8-17-12(13)14-10/h8-9H,2-7H2,1H3,(H2,13,14). The van der Waals surface area contributed by atoms with Crippen molar-refractivity contribution in [1.29, 1.82) is 0 Å². The minimum absolute atomic E-state index is 0.0106. The fourth-order valence-corrected chi connectivity index (χ4v) is 2.96. The molecule has 0 saturated heterocycles. The number of nitrogens with two attached hydrogens (primary N) is 1. The van der Waals surface area contributed by atoms with Crippen LogP contribution in [-0.2, 0) is 0 Å². The Labute approximate surface area is 106 Å². The summed E-state index contributed by atoms with van der Waals surface area (Å²) in [4.78, 5) is 17.9. The van der Waals surface area contributed by atoms with E-state index < -0.39 is 0 Å². The van der Waals surface area contributed by atoms with Crippen molar-refractivity contribution in [1.82, 2.24) is 9.88 Å². The van der Waals surface area contributed by atoms with Gasteiger partial charge in [-0.3, -0.25) is 4.79 Å². The number of carbonyl (C=O) groups excluding carboxylic acids is 1. The largest absolute Gasteiger partial charge is 0.375 e. The zero-order valence-corrected chi connectivity index (χ0v) is 11.0. The van der Waals surface area contributed by atoms with Crippen LogP contribution in [0.5, 0.6) is 0 Å². The SMILES string of the molecule is CN(CC1CCCCC1)C(=O)c1csc(N)n1. The number of hydrogen-bond donors (Lipinski definition) is 1. The van der Waals surface area contributed by atoms with Crippen molar-refractivity contribution >= 4 is 22.4 Å². The highest BCUT2D eigenvalue weighted by molar-refractivity contribution is 7.13. The van der Waals surface area contributed by atoms with Crippen molar-refractivity contribution < 1.29 is 4.79 Å². The van der Waals surface area contributed by atoms with Gasteiger partial charge in [-0.2, -0.15) is 0 Å². The molecule has 5 heteroatoms. The molecule has 0 bridgehead atoms. The van der Waals surface area contributed by atoms with Gasteiger partial charge in [0.05, 0.1) is 0 Å². The minimum Gasteiger partial charge on any atom is -0.375 e. The molecule has 0 spiro atoms. The van der Waals surface area contributed by atoms with E-state index in [9.17, 15) is 4.79 Å². The van der Waals surface area contributed by atoms with E-state index in [4.69, 9.17) is 5.73 Å². The third kappa shape index (κ3) is 3.19. The molecule has 0 unspecified atom stereocenters. The Hall–Kier alpha value is -1.10. The highest BCUT2D eigenvalue weighted by atomic mass is 32.1. The molecule has 1 aromatic rings. The average Bonchev–Trinajstić information content (AvgIpc) is 2.76. The maximum absolute atomic E-state index is 12.0. The van der Waals surface area contributed by atoms with Gasteiger partial charge in [-0.25, -0.2) is 4.98 Å². The maximum atomic E-state index is 12.0. The summed E-state index contributed by atoms with van der Waals surface area (Å²) in [5, 5.41) is 2.19. The van der Waals surface area contributed by atoms with Crippen molar-refractivity contribution in [3.05, 3.63) is 11.1 Å². The number of aromatic nitrogens is 1. The van der Waals surface area contributed by atoms with Crippen LogP contribution in [0.25, 0.3) is 0 Å². The molecule has 2 rings (SSSR count). The first kappa shape index (κ1) is 12.4. The van der Waals surface area contributed by atoms with Crippen LogP contribution in [0, 0.1) is 5.92 Å². The van der Waals surface area contributed by atoms with Crippen LogP contribution in [0.2, 0.25) is 0 Å². The quantitative estimate of drug-likeness (QED) is 0.899. The van der Waals surface area contributed by atoms with Gasteiger partial charge >= 0.3 is 0 Å². The molecule has 1 aliphatic carbocycles. The van der Waals surface area contributed by atoms with Gasteiger partial charge in [-0.1, -0.05) is 19.3 Å². The number of nitrogen functional groups attached to an aromatic ring is 1. The summed E-state index contributed by atoms with van der Waals surface area (Å²) in [7, 11) is 1.85. The van der Waals surface area contributed by atoms with Crippen LogP contribution in [0.4, 0.5) is 5.13 Å². The Balaban J connectivity index is 1.90. The molecule has 1 aromatic heterocycles. The second kappa shape index (κ2) is 5.49. The van der Waals surface area contributed by atoms with Crippen molar-refractivity contribution in [2.45, 2.75) is 32.1 Å². The van der Waals surface area contributed by atoms with Crippen molar-refractivity contribution in [3.8, 4) is 0 Å². The monoisotopic (exact) mass is 253 g/mol. The summed E-state index contributed by atoms with van der Waals surface area (Å²) in [6, 6.07) is 0. The second-order valence-electron chi connectivity index (χ2n) is 4.76. The molecule has 1 aliphatic rings. The predicted molar refractivity (Wildman–Crippen MR) is 70.1 cm³/mol. The highest BCUT2D eigenvalue weighted by Gasteiger charge is 2.20. The topological polar surface area (TPSA) is 59.2 Å². The third-order valence-corrected chi connectivity index (χ3v) is 4.02. The number of nitrogens with zero attached hydrogens (tertiary/aromatic N) is 2. The van der Waals surface area contributed by atoms with Crippen molar-refractivity contribution in [2.24, 2.45) is 5.92 Å². The zero-order chi connectivity index (χ0) is 12.3. The molecule has 2 N–H and O–H groups in total. The summed E-state index contributed by atoms with van der Waals surface area (Å²) in [6.45, 7) is 0.844. The molecular weight excluding hydrogens is 234 g/mol. The lowest BCUT2D eigenvalue weighted by molar-refractivity contribution is 0.0755. The first-order valence-corrected chi connectivity index (χ1v) is 7.01. The number of rotatable bonds is 3. The van der Waals surface area contributed by atoms with Crippen LogP contribution in [0.3, 0.4) is 0 Å². The normalized spacial score (nSPS) is 17.0. The molecule has 94 valence electrons. The van der Waals surface area contributed by atoms with Gasteiger partial charge in [0.2, 0.25) is 0 Å². The van der Waals surface area contributed by atoms with Crippen LogP contribution >= 0.6 is 11.3 Å². The Morgan fingerprint density at radius 2 is 2.24 bits per heavy atom. The second-order valence-corrected chi connectivity index (χ2v) is 5.65. The molecule has 0 aromatic carbocycles. The van der Waals surface area contributed by atoms with Crippen molar-refractivity contribution in [2.75, 3.05) is 19.3 Å². The summed E-state index contributed by atoms with van der Waals surface area (Å²) in [5.74, 6) is 0.650. The lowest BCUT2D eigenvalue weighted by Gasteiger charge is -2.26. The third-order valence-electron chi connectivity index (χ3n) is 3.34. The van der Waals surface area contributed by atoms with E-state index in [1.165, 1.54) is 43.4 Å². The number of anilines is 1. The maximum Gasteiger partial charge on any atom is 0.273 e. The van der Waals surface area contributed by atoms with E-state index in [1.54, 1.807) is 10.3 Å². The van der Waals surface area contributed by atoms with Crippen LogP contribution in [0.1, 0.15) is 42.6 Å². The van der Waals surface area contributed by atoms with E-state index in [0.717, 1.165) is 6.54 Å². The lowest BCUT2D eigenvalue weighted by Crippen LogP contribution is -2.32. The van der Waals surface area contributed by atoms with Gasteiger partial charge in [0.25, 0.3) is 5.91 Å². The number of hydrogen-bond acceptors (Lipinski definition) is 4. The van der Waals surface area contributed by atoms with Gasteiger partial charge in [-0.15, -0.1) is 11.3 Å². The van der Waals surface area contributed by atoms with Crippen molar-refractivity contribution in [3.63, 3.8) is 0 Å². The van der Waals surface area contributed by atoms with E-state index in [2.05, 4.69) is 4.98 Å². The predicted octanol–water partition coefficient (Wildman–Crippen LogP) is 2.38. The molecule has 0 aliphatic heterocycles. The number of thiazole rings is 1. The molecule has 0 radical (unpaired) electrons. The molecule has 0 atom stereocenters. The van der Waals surface area contributed by atoms with Gasteiger partial charge in [0, 0.05) is 19.0 Å². The fourth-order valence-electron chi connectivity index (χ4n) is 2.42. The first-order chi connectivity index (χ1) is 8.16. The molecule has 17 heavy (non-hydrogen) atoms. The van der Waals surface area contributed by atoms with Gasteiger partial charge < -0.3 is 10.6 Å². The van der Waals surface area contributed by atoms with E-state index in [-0.39, 0.29) is 5.91 Å². The van der Waals surface area contributed by atoms with E-state index in [0.29, 0.717) is 16.7 Å². The lowest BCUT2D eigenvalue weighted by atomic mass is 9.89. The first-order valence-electron chi connectivity index (χ1n) is 6.13. The highest BCUT2D eigenvalue weighted by Crippen LogP contribution is 2.24. The fraction of sp³-hybridized carbons (Fsp3) is 0.667. The Morgan fingerprint density at radius 3 is 2.82 bits per heavy atom. The molecular formula is C12H19N3OS. The molecule has 1 amide bonds. The number of carbonyl (C=O) groups is 1. The van der Waals surface area contributed by atoms with Crippen LogP contribution < -0.4 is 5.73 Å². The summed E-state index contributed by atoms with van der Waals surface area (Å²) >= 11 is 1.32. The molecule has 4 nitrogen and oxygen atoms in total. The molecule has 1 saturated carbocycles. The van der Waals surface area contributed by atoms with Crippen LogP contribution in [0.15, 0.2) is 5.38 Å². The molecule has 1 heterocycles. The summed E-state index contributed by atoms with van der Waals surface area (Å²) in [6.07, 6.45) is 6.44. The zero-order valence-electron chi connectivity index (χ0n) is 10.2.